The minimum absolute atomic E-state index is 0. The molecule has 0 nitrogen and oxygen atoms in total. The van der Waals surface area contributed by atoms with Crippen molar-refractivity contribution in [3.63, 3.8) is 0 Å². The maximum Gasteiger partial charge on any atom is -0.0209 e. The summed E-state index contributed by atoms with van der Waals surface area (Å²) in [4.78, 5) is 0. The van der Waals surface area contributed by atoms with Gasteiger partial charge in [-0.05, 0) is 61.6 Å². The van der Waals surface area contributed by atoms with Crippen LogP contribution in [0.25, 0.3) is 0 Å². The van der Waals surface area contributed by atoms with Gasteiger partial charge in [-0.3, -0.25) is 0 Å². The molecular formula is C18H38Br2P2. The average Bonchev–Trinajstić information content (AvgIpc) is 3.14. The highest BCUT2D eigenvalue weighted by atomic mass is 79.9. The zero-order chi connectivity index (χ0) is 14.2. The second-order valence-electron chi connectivity index (χ2n) is 6.95. The third-order valence-electron chi connectivity index (χ3n) is 5.38. The van der Waals surface area contributed by atoms with Gasteiger partial charge in [-0.15, -0.1) is 49.8 Å². The van der Waals surface area contributed by atoms with Gasteiger partial charge in [-0.1, -0.05) is 52.4 Å². The van der Waals surface area contributed by atoms with Crippen LogP contribution in [-0.4, -0.2) is 36.0 Å². The molecule has 0 aromatic rings. The van der Waals surface area contributed by atoms with Crippen molar-refractivity contribution in [1.82, 2.24) is 0 Å². The Morgan fingerprint density at radius 2 is 0.909 bits per heavy atom. The maximum absolute atomic E-state index is 2.41. The lowest BCUT2D eigenvalue weighted by molar-refractivity contribution is 0.872. The third-order valence-corrected chi connectivity index (χ3v) is 12.5. The minimum atomic E-state index is 0. The summed E-state index contributed by atoms with van der Waals surface area (Å²) in [7, 11) is 0.793. The Labute approximate surface area is 163 Å². The van der Waals surface area contributed by atoms with Crippen LogP contribution in [0.1, 0.15) is 78.1 Å². The molecule has 4 heteroatoms. The summed E-state index contributed by atoms with van der Waals surface area (Å²) >= 11 is 0. The molecule has 2 saturated carbocycles. The molecule has 0 spiro atoms. The van der Waals surface area contributed by atoms with Crippen molar-refractivity contribution in [2.75, 3.05) is 24.6 Å². The van der Waals surface area contributed by atoms with Crippen molar-refractivity contribution in [2.45, 2.75) is 89.4 Å². The molecule has 22 heavy (non-hydrogen) atoms. The number of halogens is 2. The topological polar surface area (TPSA) is 0 Å². The lowest BCUT2D eigenvalue weighted by atomic mass is 10.4. The van der Waals surface area contributed by atoms with Crippen LogP contribution >= 0.6 is 49.8 Å². The summed E-state index contributed by atoms with van der Waals surface area (Å²) in [6.45, 7) is 4.83. The van der Waals surface area contributed by atoms with Gasteiger partial charge in [0.05, 0.1) is 0 Å². The molecule has 0 saturated heterocycles. The maximum atomic E-state index is 2.41. The van der Waals surface area contributed by atoms with E-state index in [1.165, 1.54) is 24.2 Å². The molecule has 2 fully saturated rings. The fourth-order valence-corrected chi connectivity index (χ4v) is 11.6. The zero-order valence-electron chi connectivity index (χ0n) is 14.8. The Hall–Kier alpha value is 1.82. The Morgan fingerprint density at radius 1 is 0.591 bits per heavy atom. The van der Waals surface area contributed by atoms with E-state index < -0.39 is 0 Å². The molecule has 2 aliphatic rings. The summed E-state index contributed by atoms with van der Waals surface area (Å²) in [5.41, 5.74) is 2.35. The monoisotopic (exact) mass is 474 g/mol. The number of rotatable bonds is 9. The van der Waals surface area contributed by atoms with Gasteiger partial charge in [-0.25, -0.2) is 0 Å². The fraction of sp³-hybridized carbons (Fsp3) is 1.00. The lowest BCUT2D eigenvalue weighted by Crippen LogP contribution is -2.11. The zero-order valence-corrected chi connectivity index (χ0v) is 20.0. The highest BCUT2D eigenvalue weighted by Crippen LogP contribution is 2.55. The van der Waals surface area contributed by atoms with Crippen molar-refractivity contribution in [3.8, 4) is 0 Å². The molecule has 0 bridgehead atoms. The molecule has 0 aromatic carbocycles. The van der Waals surface area contributed by atoms with E-state index in [2.05, 4.69) is 13.8 Å². The van der Waals surface area contributed by atoms with Crippen molar-refractivity contribution in [2.24, 2.45) is 0 Å². The van der Waals surface area contributed by atoms with Gasteiger partial charge in [-0.2, -0.15) is 0 Å². The van der Waals surface area contributed by atoms with E-state index in [1.807, 2.05) is 0 Å². The van der Waals surface area contributed by atoms with Gasteiger partial charge < -0.3 is 0 Å². The normalized spacial score (nSPS) is 22.1. The molecular weight excluding hydrogens is 438 g/mol. The van der Waals surface area contributed by atoms with Crippen LogP contribution in [0.2, 0.25) is 0 Å². The fourth-order valence-electron chi connectivity index (χ4n) is 4.32. The smallest absolute Gasteiger partial charge is 0.0209 e. The quantitative estimate of drug-likeness (QED) is 0.298. The van der Waals surface area contributed by atoms with Crippen LogP contribution in [0.4, 0.5) is 0 Å². The van der Waals surface area contributed by atoms with Crippen molar-refractivity contribution < 1.29 is 0 Å². The second kappa shape index (κ2) is 14.0. The molecule has 2 atom stereocenters. The van der Waals surface area contributed by atoms with Crippen molar-refractivity contribution >= 4 is 49.8 Å². The predicted molar refractivity (Wildman–Crippen MR) is 119 cm³/mol. The van der Waals surface area contributed by atoms with E-state index in [0.29, 0.717) is 15.8 Å². The molecule has 0 aliphatic heterocycles. The largest absolute Gasteiger partial charge is 0.114 e. The molecule has 2 aliphatic carbocycles. The first-order valence-corrected chi connectivity index (χ1v) is 12.9. The summed E-state index contributed by atoms with van der Waals surface area (Å²) < 4.78 is 0. The van der Waals surface area contributed by atoms with Gasteiger partial charge in [0.15, 0.2) is 0 Å². The molecule has 0 amide bonds. The summed E-state index contributed by atoms with van der Waals surface area (Å²) in [5, 5.41) is 0. The summed E-state index contributed by atoms with van der Waals surface area (Å²) in [6, 6.07) is 0. The Morgan fingerprint density at radius 3 is 1.18 bits per heavy atom. The second-order valence-corrected chi connectivity index (χ2v) is 12.6. The number of hydrogen-bond donors (Lipinski definition) is 0. The highest BCUT2D eigenvalue weighted by Gasteiger charge is 2.27. The van der Waals surface area contributed by atoms with E-state index >= 15 is 0 Å². The standard InChI is InChI=1S/C18H36P2.2BrH/c1-3-13-19(17-9-5-6-10-17)15-16-20(14-4-2)18-11-7-8-12-18;;/h17-18H,3-16H2,1-2H3;2*1H. The van der Waals surface area contributed by atoms with Gasteiger partial charge in [0.25, 0.3) is 0 Å². The predicted octanol–water partition coefficient (Wildman–Crippen LogP) is 7.81. The van der Waals surface area contributed by atoms with E-state index in [4.69, 9.17) is 0 Å². The van der Waals surface area contributed by atoms with E-state index in [1.54, 1.807) is 76.0 Å². The first-order valence-electron chi connectivity index (χ1n) is 9.33. The first kappa shape index (κ1) is 23.8. The Balaban J connectivity index is 0.00000220. The minimum Gasteiger partial charge on any atom is -0.114 e. The first-order chi connectivity index (χ1) is 9.85. The molecule has 0 N–H and O–H groups in total. The Bertz CT molecular complexity index is 225. The molecule has 2 unspecified atom stereocenters. The summed E-state index contributed by atoms with van der Waals surface area (Å²) in [6.07, 6.45) is 21.8. The SMILES string of the molecule is Br.Br.CCCP(CCP(CCC)C1CCCC1)C1CCCC1. The highest BCUT2D eigenvalue weighted by molar-refractivity contribution is 8.93. The van der Waals surface area contributed by atoms with Crippen LogP contribution in [0.3, 0.4) is 0 Å². The molecule has 134 valence electrons. The van der Waals surface area contributed by atoms with Crippen LogP contribution < -0.4 is 0 Å². The van der Waals surface area contributed by atoms with Crippen LogP contribution in [0.15, 0.2) is 0 Å². The van der Waals surface area contributed by atoms with Gasteiger partial charge >= 0.3 is 0 Å². The van der Waals surface area contributed by atoms with Gasteiger partial charge in [0.1, 0.15) is 0 Å². The van der Waals surface area contributed by atoms with Crippen LogP contribution in [-0.2, 0) is 0 Å². The lowest BCUT2D eigenvalue weighted by Gasteiger charge is -2.29. The van der Waals surface area contributed by atoms with E-state index in [0.717, 1.165) is 0 Å². The van der Waals surface area contributed by atoms with Crippen molar-refractivity contribution in [1.29, 1.82) is 0 Å². The molecule has 2 rings (SSSR count). The Kier molecular flexibility index (Phi) is 15.2. The third kappa shape index (κ3) is 7.80. The number of hydrogen-bond acceptors (Lipinski definition) is 0. The van der Waals surface area contributed by atoms with Crippen LogP contribution in [0.5, 0.6) is 0 Å². The molecule has 0 radical (unpaired) electrons. The van der Waals surface area contributed by atoms with Crippen LogP contribution in [0, 0.1) is 0 Å². The van der Waals surface area contributed by atoms with E-state index in [-0.39, 0.29) is 34.0 Å². The summed E-state index contributed by atoms with van der Waals surface area (Å²) in [5.74, 6) is 0. The van der Waals surface area contributed by atoms with Gasteiger partial charge in [0.2, 0.25) is 0 Å². The molecule has 0 aromatic heterocycles. The van der Waals surface area contributed by atoms with Crippen molar-refractivity contribution in [3.05, 3.63) is 0 Å². The average molecular weight is 476 g/mol. The molecule has 0 heterocycles. The van der Waals surface area contributed by atoms with Gasteiger partial charge in [0, 0.05) is 0 Å². The van der Waals surface area contributed by atoms with E-state index in [9.17, 15) is 0 Å².